The van der Waals surface area contributed by atoms with E-state index in [0.29, 0.717) is 5.02 Å². The Morgan fingerprint density at radius 3 is 2.32 bits per heavy atom. The van der Waals surface area contributed by atoms with Crippen LogP contribution in [0.15, 0.2) is 56.3 Å². The van der Waals surface area contributed by atoms with Crippen molar-refractivity contribution in [1.29, 1.82) is 0 Å². The van der Waals surface area contributed by atoms with Crippen LogP contribution in [-0.4, -0.2) is 19.9 Å². The zero-order valence-electron chi connectivity index (χ0n) is 9.38. The number of carbonyl (C=O) groups excluding carboxylic acids is 1. The van der Waals surface area contributed by atoms with Crippen molar-refractivity contribution in [1.82, 2.24) is 0 Å². The molecule has 0 fully saturated rings. The minimum absolute atomic E-state index is 0.0409. The molecule has 0 saturated carbocycles. The molecule has 1 aromatic carbocycles. The van der Waals surface area contributed by atoms with E-state index in [0.717, 1.165) is 0 Å². The number of ketones is 1. The summed E-state index contributed by atoms with van der Waals surface area (Å²) in [5.41, 5.74) is 0.182. The second kappa shape index (κ2) is 5.40. The molecule has 0 bridgehead atoms. The molecule has 1 aliphatic rings. The van der Waals surface area contributed by atoms with Gasteiger partial charge in [0.05, 0.1) is 15.1 Å². The quantitative estimate of drug-likeness (QED) is 0.762. The van der Waals surface area contributed by atoms with Gasteiger partial charge in [-0.3, -0.25) is 4.79 Å². The van der Waals surface area contributed by atoms with E-state index in [1.165, 1.54) is 42.5 Å². The van der Waals surface area contributed by atoms with Crippen LogP contribution in [0.1, 0.15) is 0 Å². The SMILES string of the molecule is O=C1C=C/C(=N/S(=O)(=O)c2ccc(Cl)cc2)C=C1Br. The number of sulfonamides is 1. The van der Waals surface area contributed by atoms with Crippen molar-refractivity contribution in [3.05, 3.63) is 52.0 Å². The summed E-state index contributed by atoms with van der Waals surface area (Å²) < 4.78 is 27.9. The zero-order valence-corrected chi connectivity index (χ0v) is 12.5. The molecule has 1 aromatic rings. The maximum absolute atomic E-state index is 12.0. The van der Waals surface area contributed by atoms with Crippen molar-refractivity contribution in [3.63, 3.8) is 0 Å². The van der Waals surface area contributed by atoms with Gasteiger partial charge in [-0.15, -0.1) is 0 Å². The average molecular weight is 361 g/mol. The summed E-state index contributed by atoms with van der Waals surface area (Å²) in [6, 6.07) is 5.69. The summed E-state index contributed by atoms with van der Waals surface area (Å²) >= 11 is 8.73. The highest BCUT2D eigenvalue weighted by Crippen LogP contribution is 2.18. The van der Waals surface area contributed by atoms with Gasteiger partial charge in [0.15, 0.2) is 5.78 Å². The summed E-state index contributed by atoms with van der Waals surface area (Å²) in [6.45, 7) is 0. The largest absolute Gasteiger partial charge is 0.289 e. The molecule has 0 radical (unpaired) electrons. The monoisotopic (exact) mass is 359 g/mol. The maximum atomic E-state index is 12.0. The molecule has 19 heavy (non-hydrogen) atoms. The van der Waals surface area contributed by atoms with Gasteiger partial charge in [0.25, 0.3) is 10.0 Å². The molecule has 0 amide bonds. The molecule has 0 aromatic heterocycles. The Hall–Kier alpha value is -1.24. The van der Waals surface area contributed by atoms with Crippen LogP contribution in [0.5, 0.6) is 0 Å². The molecular formula is C12H7BrClNO3S. The number of nitrogens with zero attached hydrogens (tertiary/aromatic N) is 1. The van der Waals surface area contributed by atoms with E-state index in [1.54, 1.807) is 0 Å². The smallest absolute Gasteiger partial charge is 0.282 e. The number of allylic oxidation sites excluding steroid dienone is 4. The molecule has 0 spiro atoms. The van der Waals surface area contributed by atoms with Gasteiger partial charge < -0.3 is 0 Å². The zero-order chi connectivity index (χ0) is 14.0. The summed E-state index contributed by atoms with van der Waals surface area (Å²) in [5.74, 6) is -0.233. The van der Waals surface area contributed by atoms with Gasteiger partial charge in [0.1, 0.15) is 0 Å². The number of rotatable bonds is 2. The first-order valence-electron chi connectivity index (χ1n) is 5.09. The second-order valence-electron chi connectivity index (χ2n) is 3.63. The van der Waals surface area contributed by atoms with E-state index in [9.17, 15) is 13.2 Å². The lowest BCUT2D eigenvalue weighted by Crippen LogP contribution is -2.07. The van der Waals surface area contributed by atoms with Crippen molar-refractivity contribution in [2.75, 3.05) is 0 Å². The first-order chi connectivity index (χ1) is 8.88. The number of benzene rings is 1. The molecule has 0 N–H and O–H groups in total. The average Bonchev–Trinajstić information content (AvgIpc) is 2.34. The van der Waals surface area contributed by atoms with E-state index in [2.05, 4.69) is 20.3 Å². The van der Waals surface area contributed by atoms with Gasteiger partial charge in [-0.25, -0.2) is 0 Å². The van der Waals surface area contributed by atoms with Gasteiger partial charge in [-0.2, -0.15) is 12.8 Å². The van der Waals surface area contributed by atoms with Crippen molar-refractivity contribution in [2.45, 2.75) is 4.90 Å². The van der Waals surface area contributed by atoms with Gasteiger partial charge in [0, 0.05) is 5.02 Å². The third-order valence-corrected chi connectivity index (χ3v) is 4.44. The lowest BCUT2D eigenvalue weighted by Gasteiger charge is -2.03. The molecule has 4 nitrogen and oxygen atoms in total. The summed E-state index contributed by atoms with van der Waals surface area (Å²) in [4.78, 5) is 11.2. The van der Waals surface area contributed by atoms with Gasteiger partial charge in [-0.05, 0) is 58.4 Å². The maximum Gasteiger partial charge on any atom is 0.282 e. The fourth-order valence-corrected chi connectivity index (χ4v) is 2.81. The Bertz CT molecular complexity index is 718. The Labute approximate surface area is 123 Å². The van der Waals surface area contributed by atoms with Crippen molar-refractivity contribution in [2.24, 2.45) is 4.40 Å². The lowest BCUT2D eigenvalue weighted by atomic mass is 10.2. The van der Waals surface area contributed by atoms with Crippen LogP contribution in [0.2, 0.25) is 5.02 Å². The lowest BCUT2D eigenvalue weighted by molar-refractivity contribution is -0.110. The third-order valence-electron chi connectivity index (χ3n) is 2.25. The van der Waals surface area contributed by atoms with Crippen molar-refractivity contribution >= 4 is 49.0 Å². The Balaban J connectivity index is 2.40. The summed E-state index contributed by atoms with van der Waals surface area (Å²) in [6.07, 6.45) is 3.96. The molecule has 0 atom stereocenters. The molecule has 1 aliphatic carbocycles. The molecule has 7 heteroatoms. The molecule has 98 valence electrons. The fraction of sp³-hybridized carbons (Fsp3) is 0. The Kier molecular flexibility index (Phi) is 4.03. The number of halogens is 2. The van der Waals surface area contributed by atoms with Crippen LogP contribution in [-0.2, 0) is 14.8 Å². The first-order valence-corrected chi connectivity index (χ1v) is 7.70. The highest BCUT2D eigenvalue weighted by atomic mass is 79.9. The van der Waals surface area contributed by atoms with Crippen LogP contribution in [0.25, 0.3) is 0 Å². The van der Waals surface area contributed by atoms with Gasteiger partial charge >= 0.3 is 0 Å². The van der Waals surface area contributed by atoms with Crippen molar-refractivity contribution < 1.29 is 13.2 Å². The predicted octanol–water partition coefficient (Wildman–Crippen LogP) is 2.89. The predicted molar refractivity (Wildman–Crippen MR) is 77.2 cm³/mol. The fourth-order valence-electron chi connectivity index (χ4n) is 1.34. The van der Waals surface area contributed by atoms with Crippen molar-refractivity contribution in [3.8, 4) is 0 Å². The highest BCUT2D eigenvalue weighted by molar-refractivity contribution is 9.12. The van der Waals surface area contributed by atoms with Crippen LogP contribution in [0, 0.1) is 0 Å². The summed E-state index contributed by atoms with van der Waals surface area (Å²) in [7, 11) is -3.82. The van der Waals surface area contributed by atoms with E-state index in [1.807, 2.05) is 0 Å². The minimum Gasteiger partial charge on any atom is -0.289 e. The normalized spacial score (nSPS) is 17.7. The van der Waals surface area contributed by atoms with Crippen LogP contribution in [0.4, 0.5) is 0 Å². The number of carbonyl (C=O) groups is 1. The van der Waals surface area contributed by atoms with Gasteiger partial charge in [-0.1, -0.05) is 11.6 Å². The van der Waals surface area contributed by atoms with E-state index in [4.69, 9.17) is 11.6 Å². The number of hydrogen-bond donors (Lipinski definition) is 0. The first kappa shape index (κ1) is 14.2. The highest BCUT2D eigenvalue weighted by Gasteiger charge is 2.15. The van der Waals surface area contributed by atoms with E-state index >= 15 is 0 Å². The van der Waals surface area contributed by atoms with Gasteiger partial charge in [0.2, 0.25) is 0 Å². The molecule has 0 heterocycles. The third kappa shape index (κ3) is 3.40. The molecule has 2 rings (SSSR count). The molecular weight excluding hydrogens is 354 g/mol. The topological polar surface area (TPSA) is 63.6 Å². The van der Waals surface area contributed by atoms with E-state index in [-0.39, 0.29) is 20.9 Å². The minimum atomic E-state index is -3.82. The van der Waals surface area contributed by atoms with Crippen LogP contribution >= 0.6 is 27.5 Å². The standard InChI is InChI=1S/C12H7BrClNO3S/c13-11-7-9(3-6-12(11)16)15-19(17,18)10-4-1-8(14)2-5-10/h1-7H/b15-9-. The molecule has 0 saturated heterocycles. The molecule has 0 aliphatic heterocycles. The Morgan fingerprint density at radius 1 is 1.11 bits per heavy atom. The van der Waals surface area contributed by atoms with E-state index < -0.39 is 10.0 Å². The second-order valence-corrected chi connectivity index (χ2v) is 6.53. The number of hydrogen-bond acceptors (Lipinski definition) is 3. The van der Waals surface area contributed by atoms with Crippen LogP contribution in [0.3, 0.4) is 0 Å². The molecule has 0 unspecified atom stereocenters. The Morgan fingerprint density at radius 2 is 1.74 bits per heavy atom. The summed E-state index contributed by atoms with van der Waals surface area (Å²) in [5, 5.41) is 0.442. The van der Waals surface area contributed by atoms with Crippen LogP contribution < -0.4 is 0 Å².